The standard InChI is InChI=1S/C25H25BrO3/c1-25(2,3)20-11-14-23(22(26)17-20)29-24(27)19-9-12-21(13-10-19)28-16-15-18-7-5-4-6-8-18/h4-14,17H,15-16H2,1-3H3. The molecule has 0 unspecified atom stereocenters. The first-order valence-corrected chi connectivity index (χ1v) is 10.4. The molecule has 0 spiro atoms. The number of ether oxygens (including phenoxy) is 2. The second kappa shape index (κ2) is 9.27. The Hall–Kier alpha value is -2.59. The van der Waals surface area contributed by atoms with Crippen LogP contribution in [0.15, 0.2) is 77.3 Å². The molecule has 3 rings (SSSR count). The zero-order valence-electron chi connectivity index (χ0n) is 16.9. The van der Waals surface area contributed by atoms with Gasteiger partial charge in [0, 0.05) is 6.42 Å². The van der Waals surface area contributed by atoms with E-state index in [1.54, 1.807) is 24.3 Å². The fourth-order valence-electron chi connectivity index (χ4n) is 2.83. The lowest BCUT2D eigenvalue weighted by Crippen LogP contribution is -2.12. The molecule has 0 aromatic heterocycles. The predicted octanol–water partition coefficient (Wildman–Crippen LogP) is 6.59. The molecule has 0 amide bonds. The van der Waals surface area contributed by atoms with E-state index < -0.39 is 5.97 Å². The van der Waals surface area contributed by atoms with Crippen molar-refractivity contribution in [3.8, 4) is 11.5 Å². The number of carbonyl (C=O) groups excluding carboxylic acids is 1. The summed E-state index contributed by atoms with van der Waals surface area (Å²) in [5.41, 5.74) is 2.91. The molecule has 3 aromatic carbocycles. The van der Waals surface area contributed by atoms with Crippen molar-refractivity contribution in [2.45, 2.75) is 32.6 Å². The first kappa shape index (κ1) is 21.1. The lowest BCUT2D eigenvalue weighted by molar-refractivity contribution is 0.0733. The summed E-state index contributed by atoms with van der Waals surface area (Å²) in [6, 6.07) is 23.0. The van der Waals surface area contributed by atoms with Gasteiger partial charge in [-0.3, -0.25) is 0 Å². The Balaban J connectivity index is 1.57. The molecular formula is C25H25BrO3. The quantitative estimate of drug-likeness (QED) is 0.312. The maximum atomic E-state index is 12.5. The highest BCUT2D eigenvalue weighted by atomic mass is 79.9. The van der Waals surface area contributed by atoms with E-state index in [0.29, 0.717) is 17.9 Å². The topological polar surface area (TPSA) is 35.5 Å². The molecule has 0 saturated heterocycles. The first-order chi connectivity index (χ1) is 13.8. The van der Waals surface area contributed by atoms with Gasteiger partial charge in [-0.15, -0.1) is 0 Å². The second-order valence-corrected chi connectivity index (χ2v) is 8.75. The van der Waals surface area contributed by atoms with Crippen LogP contribution in [0, 0.1) is 0 Å². The van der Waals surface area contributed by atoms with Gasteiger partial charge in [-0.25, -0.2) is 4.79 Å². The Labute approximate surface area is 180 Å². The van der Waals surface area contributed by atoms with Crippen molar-refractivity contribution in [1.29, 1.82) is 0 Å². The van der Waals surface area contributed by atoms with Crippen LogP contribution in [0.3, 0.4) is 0 Å². The first-order valence-electron chi connectivity index (χ1n) is 9.62. The molecule has 0 fully saturated rings. The minimum Gasteiger partial charge on any atom is -0.493 e. The summed E-state index contributed by atoms with van der Waals surface area (Å²) in [6.45, 7) is 7.01. The van der Waals surface area contributed by atoms with Crippen molar-refractivity contribution >= 4 is 21.9 Å². The van der Waals surface area contributed by atoms with Gasteiger partial charge in [0.2, 0.25) is 0 Å². The number of hydrogen-bond acceptors (Lipinski definition) is 3. The number of carbonyl (C=O) groups is 1. The summed E-state index contributed by atoms with van der Waals surface area (Å²) in [7, 11) is 0. The van der Waals surface area contributed by atoms with Crippen LogP contribution < -0.4 is 9.47 Å². The Morgan fingerprint density at radius 2 is 1.62 bits per heavy atom. The highest BCUT2D eigenvalue weighted by Gasteiger charge is 2.17. The molecule has 0 N–H and O–H groups in total. The van der Waals surface area contributed by atoms with Gasteiger partial charge < -0.3 is 9.47 Å². The number of rotatable bonds is 6. The van der Waals surface area contributed by atoms with E-state index in [1.165, 1.54) is 11.1 Å². The molecule has 0 atom stereocenters. The molecule has 0 aliphatic carbocycles. The van der Waals surface area contributed by atoms with E-state index in [1.807, 2.05) is 36.4 Å². The molecule has 0 aliphatic heterocycles. The van der Waals surface area contributed by atoms with Crippen LogP contribution in [0.25, 0.3) is 0 Å². The van der Waals surface area contributed by atoms with Gasteiger partial charge in [0.15, 0.2) is 0 Å². The van der Waals surface area contributed by atoms with Crippen molar-refractivity contribution in [1.82, 2.24) is 0 Å². The molecule has 0 saturated carbocycles. The third kappa shape index (κ3) is 5.94. The van der Waals surface area contributed by atoms with E-state index in [2.05, 4.69) is 48.8 Å². The second-order valence-electron chi connectivity index (χ2n) is 7.89. The number of halogens is 1. The summed E-state index contributed by atoms with van der Waals surface area (Å²) in [6.07, 6.45) is 0.837. The number of esters is 1. The summed E-state index contributed by atoms with van der Waals surface area (Å²) >= 11 is 3.50. The van der Waals surface area contributed by atoms with E-state index >= 15 is 0 Å². The van der Waals surface area contributed by atoms with E-state index in [4.69, 9.17) is 9.47 Å². The average Bonchev–Trinajstić information content (AvgIpc) is 2.70. The third-order valence-corrected chi connectivity index (χ3v) is 5.21. The summed E-state index contributed by atoms with van der Waals surface area (Å²) in [5.74, 6) is 0.837. The van der Waals surface area contributed by atoms with Crippen LogP contribution in [0.5, 0.6) is 11.5 Å². The van der Waals surface area contributed by atoms with Gasteiger partial charge in [0.05, 0.1) is 16.6 Å². The zero-order valence-corrected chi connectivity index (χ0v) is 18.5. The van der Waals surface area contributed by atoms with Gasteiger partial charge in [-0.2, -0.15) is 0 Å². The Morgan fingerprint density at radius 1 is 0.931 bits per heavy atom. The molecule has 150 valence electrons. The fraction of sp³-hybridized carbons (Fsp3) is 0.240. The molecule has 29 heavy (non-hydrogen) atoms. The van der Waals surface area contributed by atoms with Gasteiger partial charge in [0.25, 0.3) is 0 Å². The van der Waals surface area contributed by atoms with Crippen molar-refractivity contribution in [3.63, 3.8) is 0 Å². The lowest BCUT2D eigenvalue weighted by Gasteiger charge is -2.20. The number of benzene rings is 3. The molecule has 0 bridgehead atoms. The SMILES string of the molecule is CC(C)(C)c1ccc(OC(=O)c2ccc(OCCc3ccccc3)cc2)c(Br)c1. The lowest BCUT2D eigenvalue weighted by atomic mass is 9.87. The minimum absolute atomic E-state index is 0.0292. The van der Waals surface area contributed by atoms with Crippen molar-refractivity contribution in [2.24, 2.45) is 0 Å². The van der Waals surface area contributed by atoms with Crippen molar-refractivity contribution in [3.05, 3.63) is 94.0 Å². The van der Waals surface area contributed by atoms with Crippen LogP contribution in [-0.4, -0.2) is 12.6 Å². The largest absolute Gasteiger partial charge is 0.493 e. The van der Waals surface area contributed by atoms with Gasteiger partial charge >= 0.3 is 5.97 Å². The molecule has 0 aliphatic rings. The molecule has 0 radical (unpaired) electrons. The van der Waals surface area contributed by atoms with Crippen molar-refractivity contribution < 1.29 is 14.3 Å². The monoisotopic (exact) mass is 452 g/mol. The van der Waals surface area contributed by atoms with Crippen LogP contribution >= 0.6 is 15.9 Å². The number of hydrogen-bond donors (Lipinski definition) is 0. The summed E-state index contributed by atoms with van der Waals surface area (Å²) in [4.78, 5) is 12.5. The average molecular weight is 453 g/mol. The van der Waals surface area contributed by atoms with Crippen LogP contribution in [0.2, 0.25) is 0 Å². The minimum atomic E-state index is -0.398. The van der Waals surface area contributed by atoms with Crippen LogP contribution in [-0.2, 0) is 11.8 Å². The van der Waals surface area contributed by atoms with E-state index in [-0.39, 0.29) is 5.41 Å². The molecule has 3 nitrogen and oxygen atoms in total. The maximum Gasteiger partial charge on any atom is 0.343 e. The highest BCUT2D eigenvalue weighted by Crippen LogP contribution is 2.32. The third-order valence-electron chi connectivity index (χ3n) is 4.59. The Bertz CT molecular complexity index is 958. The molecule has 3 aromatic rings. The van der Waals surface area contributed by atoms with Gasteiger partial charge in [0.1, 0.15) is 11.5 Å². The fourth-order valence-corrected chi connectivity index (χ4v) is 3.29. The smallest absolute Gasteiger partial charge is 0.343 e. The van der Waals surface area contributed by atoms with Crippen LogP contribution in [0.4, 0.5) is 0 Å². The molecule has 4 heteroatoms. The maximum absolute atomic E-state index is 12.5. The highest BCUT2D eigenvalue weighted by molar-refractivity contribution is 9.10. The Kier molecular flexibility index (Phi) is 6.75. The predicted molar refractivity (Wildman–Crippen MR) is 120 cm³/mol. The molecular weight excluding hydrogens is 428 g/mol. The van der Waals surface area contributed by atoms with Crippen molar-refractivity contribution in [2.75, 3.05) is 6.61 Å². The Morgan fingerprint density at radius 3 is 2.24 bits per heavy atom. The van der Waals surface area contributed by atoms with Gasteiger partial charge in [-0.1, -0.05) is 57.2 Å². The van der Waals surface area contributed by atoms with Gasteiger partial charge in [-0.05, 0) is 68.9 Å². The summed E-state index contributed by atoms with van der Waals surface area (Å²) < 4.78 is 12.1. The van der Waals surface area contributed by atoms with E-state index in [9.17, 15) is 4.79 Å². The normalized spacial score (nSPS) is 11.2. The van der Waals surface area contributed by atoms with Crippen LogP contribution in [0.1, 0.15) is 42.3 Å². The zero-order chi connectivity index (χ0) is 20.9. The summed E-state index contributed by atoms with van der Waals surface area (Å²) in [5, 5.41) is 0. The molecule has 0 heterocycles. The van der Waals surface area contributed by atoms with E-state index in [0.717, 1.165) is 16.6 Å².